The third-order valence-electron chi connectivity index (χ3n) is 3.76. The standard InChI is InChI=1S/C17H14ClN3O3/c18-12-3-1-2-11(8-12)17-14(10-22)19-20-21(17)13-4-5-15-16(9-13)24-7-6-23-15/h1-5,8-9,22H,6-7,10H2. The van der Waals surface area contributed by atoms with E-state index in [2.05, 4.69) is 10.3 Å². The second-order valence-electron chi connectivity index (χ2n) is 5.29. The predicted molar refractivity (Wildman–Crippen MR) is 88.7 cm³/mol. The maximum atomic E-state index is 9.61. The second kappa shape index (κ2) is 6.14. The number of nitrogens with zero attached hydrogens (tertiary/aromatic N) is 3. The Hall–Kier alpha value is -2.57. The molecule has 0 saturated carbocycles. The zero-order valence-electron chi connectivity index (χ0n) is 12.6. The molecule has 0 amide bonds. The summed E-state index contributed by atoms with van der Waals surface area (Å²) in [5.41, 5.74) is 2.76. The molecule has 0 atom stereocenters. The highest BCUT2D eigenvalue weighted by atomic mass is 35.5. The summed E-state index contributed by atoms with van der Waals surface area (Å²) in [7, 11) is 0. The van der Waals surface area contributed by atoms with E-state index in [0.29, 0.717) is 41.1 Å². The lowest BCUT2D eigenvalue weighted by Gasteiger charge is -2.19. The van der Waals surface area contributed by atoms with Crippen molar-refractivity contribution in [2.24, 2.45) is 0 Å². The van der Waals surface area contributed by atoms with Gasteiger partial charge in [-0.15, -0.1) is 5.10 Å². The van der Waals surface area contributed by atoms with Crippen LogP contribution in [0.5, 0.6) is 11.5 Å². The number of aliphatic hydroxyl groups excluding tert-OH is 1. The minimum absolute atomic E-state index is 0.216. The normalized spacial score (nSPS) is 13.1. The number of halogens is 1. The van der Waals surface area contributed by atoms with Crippen LogP contribution in [0.3, 0.4) is 0 Å². The number of hydrogen-bond donors (Lipinski definition) is 1. The Morgan fingerprint density at radius 3 is 2.71 bits per heavy atom. The lowest BCUT2D eigenvalue weighted by Crippen LogP contribution is -2.15. The van der Waals surface area contributed by atoms with Crippen LogP contribution in [0.2, 0.25) is 5.02 Å². The van der Waals surface area contributed by atoms with Crippen LogP contribution in [-0.4, -0.2) is 33.3 Å². The van der Waals surface area contributed by atoms with Crippen molar-refractivity contribution in [1.29, 1.82) is 0 Å². The molecule has 0 unspecified atom stereocenters. The van der Waals surface area contributed by atoms with Crippen LogP contribution in [0, 0.1) is 0 Å². The molecule has 0 bridgehead atoms. The topological polar surface area (TPSA) is 69.4 Å². The molecule has 0 radical (unpaired) electrons. The fourth-order valence-electron chi connectivity index (χ4n) is 2.69. The Morgan fingerprint density at radius 2 is 1.92 bits per heavy atom. The molecule has 0 fully saturated rings. The molecule has 7 heteroatoms. The maximum Gasteiger partial charge on any atom is 0.163 e. The predicted octanol–water partition coefficient (Wildman–Crippen LogP) is 2.85. The van der Waals surface area contributed by atoms with Gasteiger partial charge in [-0.05, 0) is 24.3 Å². The first-order valence-corrected chi connectivity index (χ1v) is 7.85. The van der Waals surface area contributed by atoms with Crippen LogP contribution in [0.4, 0.5) is 0 Å². The van der Waals surface area contributed by atoms with Gasteiger partial charge in [0.05, 0.1) is 12.3 Å². The number of fused-ring (bicyclic) bond motifs is 1. The first-order valence-electron chi connectivity index (χ1n) is 7.47. The molecule has 1 aromatic heterocycles. The highest BCUT2D eigenvalue weighted by molar-refractivity contribution is 6.30. The van der Waals surface area contributed by atoms with Gasteiger partial charge in [0, 0.05) is 16.7 Å². The molecule has 1 N–H and O–H groups in total. The van der Waals surface area contributed by atoms with E-state index in [-0.39, 0.29) is 6.61 Å². The number of benzene rings is 2. The molecule has 0 saturated heterocycles. The molecule has 2 aromatic carbocycles. The van der Waals surface area contributed by atoms with Crippen LogP contribution in [0.25, 0.3) is 16.9 Å². The fraction of sp³-hybridized carbons (Fsp3) is 0.176. The third kappa shape index (κ3) is 2.60. The average molecular weight is 344 g/mol. The van der Waals surface area contributed by atoms with Gasteiger partial charge in [0.1, 0.15) is 24.6 Å². The number of rotatable bonds is 3. The minimum atomic E-state index is -0.216. The highest BCUT2D eigenvalue weighted by Crippen LogP contribution is 2.34. The van der Waals surface area contributed by atoms with Gasteiger partial charge in [-0.2, -0.15) is 0 Å². The van der Waals surface area contributed by atoms with E-state index in [1.807, 2.05) is 36.4 Å². The molecule has 0 spiro atoms. The average Bonchev–Trinajstić information content (AvgIpc) is 3.05. The molecule has 1 aliphatic heterocycles. The van der Waals surface area contributed by atoms with Crippen molar-refractivity contribution >= 4 is 11.6 Å². The van der Waals surface area contributed by atoms with E-state index in [1.54, 1.807) is 10.7 Å². The Balaban J connectivity index is 1.86. The van der Waals surface area contributed by atoms with Crippen LogP contribution >= 0.6 is 11.6 Å². The van der Waals surface area contributed by atoms with Gasteiger partial charge in [0.15, 0.2) is 11.5 Å². The van der Waals surface area contributed by atoms with Crippen molar-refractivity contribution in [1.82, 2.24) is 15.0 Å². The monoisotopic (exact) mass is 343 g/mol. The summed E-state index contributed by atoms with van der Waals surface area (Å²) in [6, 6.07) is 12.9. The van der Waals surface area contributed by atoms with Gasteiger partial charge >= 0.3 is 0 Å². The Morgan fingerprint density at radius 1 is 1.08 bits per heavy atom. The molecule has 0 aliphatic carbocycles. The summed E-state index contributed by atoms with van der Waals surface area (Å²) in [4.78, 5) is 0. The van der Waals surface area contributed by atoms with Crippen LogP contribution in [0.1, 0.15) is 5.69 Å². The van der Waals surface area contributed by atoms with Gasteiger partial charge in [-0.3, -0.25) is 0 Å². The number of aliphatic hydroxyl groups is 1. The summed E-state index contributed by atoms with van der Waals surface area (Å²) in [6.45, 7) is 0.835. The van der Waals surface area contributed by atoms with Crippen molar-refractivity contribution in [3.05, 3.63) is 53.2 Å². The number of ether oxygens (including phenoxy) is 2. The Labute approximate surface area is 143 Å². The molecule has 6 nitrogen and oxygen atoms in total. The molecular formula is C17H14ClN3O3. The van der Waals surface area contributed by atoms with E-state index in [9.17, 15) is 5.11 Å². The van der Waals surface area contributed by atoms with E-state index >= 15 is 0 Å². The van der Waals surface area contributed by atoms with Gasteiger partial charge < -0.3 is 14.6 Å². The molecule has 122 valence electrons. The fourth-order valence-corrected chi connectivity index (χ4v) is 2.88. The van der Waals surface area contributed by atoms with E-state index in [0.717, 1.165) is 11.3 Å². The maximum absolute atomic E-state index is 9.61. The quantitative estimate of drug-likeness (QED) is 0.792. The summed E-state index contributed by atoms with van der Waals surface area (Å²) in [6.07, 6.45) is 0. The van der Waals surface area contributed by atoms with E-state index < -0.39 is 0 Å². The van der Waals surface area contributed by atoms with Gasteiger partial charge in [-0.25, -0.2) is 4.68 Å². The van der Waals surface area contributed by atoms with Crippen molar-refractivity contribution in [3.63, 3.8) is 0 Å². The molecule has 1 aliphatic rings. The van der Waals surface area contributed by atoms with E-state index in [1.165, 1.54) is 0 Å². The van der Waals surface area contributed by atoms with Crippen LogP contribution in [0.15, 0.2) is 42.5 Å². The van der Waals surface area contributed by atoms with Crippen LogP contribution in [-0.2, 0) is 6.61 Å². The lowest BCUT2D eigenvalue weighted by molar-refractivity contribution is 0.171. The minimum Gasteiger partial charge on any atom is -0.486 e. The van der Waals surface area contributed by atoms with Crippen molar-refractivity contribution < 1.29 is 14.6 Å². The summed E-state index contributed by atoms with van der Waals surface area (Å²) in [5.74, 6) is 1.37. The molecule has 3 aromatic rings. The van der Waals surface area contributed by atoms with Crippen LogP contribution < -0.4 is 9.47 Å². The number of hydrogen-bond acceptors (Lipinski definition) is 5. The summed E-state index contributed by atoms with van der Waals surface area (Å²) >= 11 is 6.10. The smallest absolute Gasteiger partial charge is 0.163 e. The zero-order chi connectivity index (χ0) is 16.5. The first-order chi connectivity index (χ1) is 11.8. The van der Waals surface area contributed by atoms with Gasteiger partial charge in [0.2, 0.25) is 0 Å². The van der Waals surface area contributed by atoms with Crippen molar-refractivity contribution in [2.75, 3.05) is 13.2 Å². The summed E-state index contributed by atoms with van der Waals surface area (Å²) < 4.78 is 12.8. The van der Waals surface area contributed by atoms with Gasteiger partial charge in [-0.1, -0.05) is 28.9 Å². The van der Waals surface area contributed by atoms with Crippen molar-refractivity contribution in [2.45, 2.75) is 6.61 Å². The summed E-state index contributed by atoms with van der Waals surface area (Å²) in [5, 5.41) is 18.5. The third-order valence-corrected chi connectivity index (χ3v) is 3.99. The first kappa shape index (κ1) is 15.0. The van der Waals surface area contributed by atoms with Gasteiger partial charge in [0.25, 0.3) is 0 Å². The Kier molecular flexibility index (Phi) is 3.84. The zero-order valence-corrected chi connectivity index (χ0v) is 13.4. The molecule has 4 rings (SSSR count). The largest absolute Gasteiger partial charge is 0.486 e. The highest BCUT2D eigenvalue weighted by Gasteiger charge is 2.18. The molecular weight excluding hydrogens is 330 g/mol. The molecule has 24 heavy (non-hydrogen) atoms. The molecule has 2 heterocycles. The number of aromatic nitrogens is 3. The van der Waals surface area contributed by atoms with E-state index in [4.69, 9.17) is 21.1 Å². The second-order valence-corrected chi connectivity index (χ2v) is 5.73. The Bertz CT molecular complexity index is 895. The van der Waals surface area contributed by atoms with Crippen molar-refractivity contribution in [3.8, 4) is 28.4 Å². The lowest BCUT2D eigenvalue weighted by atomic mass is 10.1. The SMILES string of the molecule is OCc1nnn(-c2ccc3c(c2)OCCO3)c1-c1cccc(Cl)c1.